The number of oxazole rings is 1. The van der Waals surface area contributed by atoms with E-state index in [1.807, 2.05) is 0 Å². The molecule has 0 amide bonds. The van der Waals surface area contributed by atoms with Crippen molar-refractivity contribution in [3.8, 4) is 11.3 Å². The van der Waals surface area contributed by atoms with Gasteiger partial charge >= 0.3 is 127 Å². The van der Waals surface area contributed by atoms with Gasteiger partial charge in [-0.25, -0.2) is 0 Å². The van der Waals surface area contributed by atoms with Crippen LogP contribution in [0.4, 0.5) is 5.69 Å². The van der Waals surface area contributed by atoms with E-state index in [2.05, 4.69) is 4.98 Å². The SMILES string of the molecule is CC(=O)[O][Hg][c]1oc(C)nc1-c1ccc([N+](=O)[O-])cc1. The van der Waals surface area contributed by atoms with Crippen LogP contribution in [-0.2, 0) is 32.5 Å². The van der Waals surface area contributed by atoms with Crippen molar-refractivity contribution in [2.24, 2.45) is 0 Å². The van der Waals surface area contributed by atoms with Gasteiger partial charge < -0.3 is 0 Å². The van der Waals surface area contributed by atoms with Crippen LogP contribution in [0.1, 0.15) is 12.8 Å². The van der Waals surface area contributed by atoms with E-state index >= 15 is 0 Å². The summed E-state index contributed by atoms with van der Waals surface area (Å²) in [6, 6.07) is 6.04. The third-order valence-corrected chi connectivity index (χ3v) is 7.59. The first kappa shape index (κ1) is 14.6. The van der Waals surface area contributed by atoms with Gasteiger partial charge in [-0.2, -0.15) is 0 Å². The Balaban J connectivity index is 2.31. The van der Waals surface area contributed by atoms with Crippen LogP contribution in [0, 0.1) is 17.0 Å². The molecule has 0 bridgehead atoms. The molecule has 1 aromatic heterocycles. The van der Waals surface area contributed by atoms with Gasteiger partial charge in [0.1, 0.15) is 0 Å². The van der Waals surface area contributed by atoms with E-state index in [0.29, 0.717) is 14.9 Å². The molecule has 0 aliphatic rings. The first-order chi connectivity index (χ1) is 9.47. The van der Waals surface area contributed by atoms with Crippen molar-refractivity contribution in [1.82, 2.24) is 4.98 Å². The first-order valence-electron chi connectivity index (χ1n) is 5.82. The molecule has 1 heterocycles. The second-order valence-electron chi connectivity index (χ2n) is 4.09. The number of hydrogen-bond acceptors (Lipinski definition) is 6. The number of aryl methyl sites for hydroxylation is 1. The van der Waals surface area contributed by atoms with Gasteiger partial charge in [0, 0.05) is 0 Å². The Bertz CT molecular complexity index is 650. The zero-order valence-corrected chi connectivity index (χ0v) is 16.4. The Morgan fingerprint density at radius 2 is 2.05 bits per heavy atom. The van der Waals surface area contributed by atoms with Gasteiger partial charge in [0.25, 0.3) is 0 Å². The number of nitro benzene ring substituents is 1. The van der Waals surface area contributed by atoms with Crippen molar-refractivity contribution in [2.45, 2.75) is 13.8 Å². The Morgan fingerprint density at radius 3 is 2.60 bits per heavy atom. The predicted molar refractivity (Wildman–Crippen MR) is 64.7 cm³/mol. The molecule has 2 aromatic rings. The molecule has 0 saturated carbocycles. The number of rotatable bonds is 4. The van der Waals surface area contributed by atoms with E-state index in [-0.39, 0.29) is 11.7 Å². The molecule has 0 aliphatic heterocycles. The third kappa shape index (κ3) is 3.41. The third-order valence-electron chi connectivity index (χ3n) is 2.56. The van der Waals surface area contributed by atoms with E-state index in [0.717, 1.165) is 5.56 Å². The molecule has 0 spiro atoms. The fourth-order valence-corrected chi connectivity index (χ4v) is 5.67. The van der Waals surface area contributed by atoms with Crippen molar-refractivity contribution in [3.63, 3.8) is 0 Å². The molecular weight excluding hydrogens is 453 g/mol. The van der Waals surface area contributed by atoms with Gasteiger partial charge in [-0.15, -0.1) is 0 Å². The van der Waals surface area contributed by atoms with Crippen molar-refractivity contribution < 1.29 is 41.8 Å². The van der Waals surface area contributed by atoms with Gasteiger partial charge in [-0.1, -0.05) is 0 Å². The molecular formula is C12H10HgN2O5. The molecule has 0 radical (unpaired) electrons. The number of nitrogens with zero attached hydrogens (tertiary/aromatic N) is 2. The van der Waals surface area contributed by atoms with E-state index in [4.69, 9.17) is 7.06 Å². The van der Waals surface area contributed by atoms with E-state index in [1.54, 1.807) is 19.1 Å². The summed E-state index contributed by atoms with van der Waals surface area (Å²) in [7, 11) is 0. The van der Waals surface area contributed by atoms with Gasteiger partial charge in [0.15, 0.2) is 0 Å². The van der Waals surface area contributed by atoms with Gasteiger partial charge in [0.2, 0.25) is 0 Å². The summed E-state index contributed by atoms with van der Waals surface area (Å²) in [5.41, 5.74) is 1.34. The normalized spacial score (nSPS) is 9.90. The minimum absolute atomic E-state index is 0.0140. The summed E-state index contributed by atoms with van der Waals surface area (Å²) in [5, 5.41) is 10.6. The maximum absolute atomic E-state index is 10.9. The molecule has 0 saturated heterocycles. The zero-order chi connectivity index (χ0) is 14.7. The monoisotopic (exact) mass is 464 g/mol. The van der Waals surface area contributed by atoms with Crippen LogP contribution in [0.25, 0.3) is 11.3 Å². The fourth-order valence-electron chi connectivity index (χ4n) is 1.70. The standard InChI is InChI=1S/C10H7N2O3.C2H4O2.Hg/c1-7-11-10(6-15-7)8-2-4-9(5-3-8)12(13)14;1-2(3)4;/h2-5H,1H3;1H3,(H,3,4);/q;;+1/p-1. The van der Waals surface area contributed by atoms with Crippen LogP contribution < -0.4 is 3.27 Å². The minimum atomic E-state index is -2.14. The molecule has 1 aromatic carbocycles. The maximum atomic E-state index is 10.9. The second-order valence-corrected chi connectivity index (χ2v) is 8.83. The average Bonchev–Trinajstić information content (AvgIpc) is 2.77. The molecule has 0 N–H and O–H groups in total. The van der Waals surface area contributed by atoms with Crippen LogP contribution in [0.5, 0.6) is 0 Å². The summed E-state index contributed by atoms with van der Waals surface area (Å²) in [6.45, 7) is 3.06. The number of carbonyl (C=O) groups is 1. The van der Waals surface area contributed by atoms with Crippen molar-refractivity contribution in [1.29, 1.82) is 0 Å². The molecule has 8 heteroatoms. The molecule has 2 rings (SSSR count). The Hall–Kier alpha value is -1.76. The van der Waals surface area contributed by atoms with Crippen molar-refractivity contribution >= 4 is 14.9 Å². The molecule has 7 nitrogen and oxygen atoms in total. The number of nitro groups is 1. The topological polar surface area (TPSA) is 95.5 Å². The number of non-ortho nitro benzene ring substituents is 1. The average molecular weight is 463 g/mol. The van der Waals surface area contributed by atoms with E-state index in [9.17, 15) is 14.9 Å². The molecule has 100 valence electrons. The van der Waals surface area contributed by atoms with Crippen LogP contribution >= 0.6 is 0 Å². The summed E-state index contributed by atoms with van der Waals surface area (Å²) in [6.07, 6.45) is 0. The Morgan fingerprint density at radius 1 is 1.40 bits per heavy atom. The fraction of sp³-hybridized carbons (Fsp3) is 0.167. The van der Waals surface area contributed by atoms with Crippen LogP contribution in [0.2, 0.25) is 0 Å². The summed E-state index contributed by atoms with van der Waals surface area (Å²) in [4.78, 5) is 25.3. The first-order valence-corrected chi connectivity index (χ1v) is 10.8. The van der Waals surface area contributed by atoms with Crippen molar-refractivity contribution in [3.05, 3.63) is 40.3 Å². The summed E-state index contributed by atoms with van der Waals surface area (Å²) >= 11 is -2.14. The van der Waals surface area contributed by atoms with Crippen LogP contribution in [-0.4, -0.2) is 15.9 Å². The number of benzene rings is 1. The van der Waals surface area contributed by atoms with Gasteiger partial charge in [0.05, 0.1) is 0 Å². The van der Waals surface area contributed by atoms with Gasteiger partial charge in [-0.3, -0.25) is 0 Å². The van der Waals surface area contributed by atoms with Gasteiger partial charge in [-0.05, 0) is 0 Å². The Labute approximate surface area is 127 Å². The van der Waals surface area contributed by atoms with E-state index < -0.39 is 30.0 Å². The van der Waals surface area contributed by atoms with Crippen molar-refractivity contribution in [2.75, 3.05) is 0 Å². The quantitative estimate of drug-likeness (QED) is 0.390. The summed E-state index contributed by atoms with van der Waals surface area (Å²) < 4.78 is 11.2. The number of aromatic nitrogens is 1. The Kier molecular flexibility index (Phi) is 4.48. The van der Waals surface area contributed by atoms with Crippen LogP contribution in [0.15, 0.2) is 28.7 Å². The number of hydrogen-bond donors (Lipinski definition) is 0. The van der Waals surface area contributed by atoms with Crippen LogP contribution in [0.3, 0.4) is 0 Å². The molecule has 20 heavy (non-hydrogen) atoms. The number of carbonyl (C=O) groups excluding carboxylic acids is 1. The summed E-state index contributed by atoms with van der Waals surface area (Å²) in [5.74, 6) is 0.163. The molecule has 0 fully saturated rings. The zero-order valence-electron chi connectivity index (χ0n) is 11.0. The predicted octanol–water partition coefficient (Wildman–Crippen LogP) is 1.74. The second kappa shape index (κ2) is 6.12. The van der Waals surface area contributed by atoms with E-state index in [1.165, 1.54) is 19.1 Å². The molecule has 0 atom stereocenters. The molecule has 0 unspecified atom stereocenters. The molecule has 0 aliphatic carbocycles.